The molecule has 0 saturated carbocycles. The van der Waals surface area contributed by atoms with Gasteiger partial charge in [0.1, 0.15) is 0 Å². The standard InChI is InChI=1S/2C13H9.C2H7Si.CH3Cl.Zr/c2*1-3-7-12-10(5-1)9-11-6-2-4-8-13(11)12;1-3-2;1-2;/h2*1-5,7-8H,9H2;3H,1-2H3;1H3;. The Morgan fingerprint density at radius 3 is 1.41 bits per heavy atom. The second-order valence-corrected chi connectivity index (χ2v) is 27.8. The fourth-order valence-electron chi connectivity index (χ4n) is 5.59. The Bertz CT molecular complexity index is 1200. The predicted octanol–water partition coefficient (Wildman–Crippen LogP) is 6.24. The zero-order chi connectivity index (χ0) is 22.2. The van der Waals surface area contributed by atoms with E-state index in [2.05, 4.69) is 110 Å². The number of rotatable bonds is 3. The van der Waals surface area contributed by atoms with Crippen LogP contribution in [0.15, 0.2) is 84.9 Å². The summed E-state index contributed by atoms with van der Waals surface area (Å²) in [6, 6.07) is 32.5. The summed E-state index contributed by atoms with van der Waals surface area (Å²) in [4.78, 5) is 0. The summed E-state index contributed by atoms with van der Waals surface area (Å²) in [7, 11) is 0. The molecule has 0 aromatic heterocycles. The van der Waals surface area contributed by atoms with Gasteiger partial charge >= 0.3 is 189 Å². The summed E-state index contributed by atoms with van der Waals surface area (Å²) >= 11 is 2.66. The van der Waals surface area contributed by atoms with Crippen molar-refractivity contribution in [3.05, 3.63) is 107 Å². The van der Waals surface area contributed by atoms with Crippen molar-refractivity contribution in [2.45, 2.75) is 25.9 Å². The van der Waals surface area contributed by atoms with E-state index >= 15 is 0 Å². The third-order valence-corrected chi connectivity index (χ3v) is 25.4. The molecule has 2 aliphatic rings. The van der Waals surface area contributed by atoms with Gasteiger partial charge in [-0.25, -0.2) is 0 Å². The molecule has 0 N–H and O–H groups in total. The van der Waals surface area contributed by atoms with Crippen molar-refractivity contribution < 1.29 is 20.9 Å². The number of hydrogen-bond donors (Lipinski definition) is 0. The number of alkyl halides is 1. The normalized spacial score (nSPS) is 12.4. The molecular formula is C29H28ClSiZr. The third-order valence-electron chi connectivity index (χ3n) is 6.86. The number of fused-ring (bicyclic) bond motifs is 6. The molecule has 0 heterocycles. The molecule has 0 amide bonds. The zero-order valence-corrected chi connectivity index (χ0v) is 23.3. The van der Waals surface area contributed by atoms with E-state index in [0.717, 1.165) is 12.8 Å². The van der Waals surface area contributed by atoms with Gasteiger partial charge in [0.2, 0.25) is 0 Å². The number of halogens is 1. The van der Waals surface area contributed by atoms with Gasteiger partial charge in [-0.2, -0.15) is 0 Å². The molecule has 0 unspecified atom stereocenters. The summed E-state index contributed by atoms with van der Waals surface area (Å²) in [6.45, 7) is 5.22. The van der Waals surface area contributed by atoms with Crippen LogP contribution in [0.2, 0.25) is 13.1 Å². The molecule has 2 aliphatic carbocycles. The van der Waals surface area contributed by atoms with Crippen molar-refractivity contribution in [2.75, 3.05) is 6.38 Å². The molecule has 0 atom stereocenters. The third kappa shape index (κ3) is 3.61. The molecule has 6 rings (SSSR count). The Morgan fingerprint density at radius 2 is 0.969 bits per heavy atom. The van der Waals surface area contributed by atoms with E-state index in [0.29, 0.717) is 0 Å². The Kier molecular flexibility index (Phi) is 6.39. The van der Waals surface area contributed by atoms with Crippen LogP contribution in [0.5, 0.6) is 0 Å². The van der Waals surface area contributed by atoms with Crippen LogP contribution in [-0.2, 0) is 33.8 Å². The van der Waals surface area contributed by atoms with E-state index in [9.17, 15) is 0 Å². The molecule has 0 fully saturated rings. The maximum atomic E-state index is 4.64. The van der Waals surface area contributed by atoms with Gasteiger partial charge in [0.15, 0.2) is 0 Å². The van der Waals surface area contributed by atoms with E-state index in [1.807, 2.05) is 0 Å². The van der Waals surface area contributed by atoms with Crippen LogP contribution in [0.3, 0.4) is 0 Å². The van der Waals surface area contributed by atoms with Crippen LogP contribution in [0.25, 0.3) is 22.3 Å². The van der Waals surface area contributed by atoms with E-state index < -0.39 is 26.8 Å². The quantitative estimate of drug-likeness (QED) is 0.188. The molecular weight excluding hydrogens is 503 g/mol. The topological polar surface area (TPSA) is 0 Å². The van der Waals surface area contributed by atoms with Gasteiger partial charge in [0.05, 0.1) is 0 Å². The molecule has 0 bridgehead atoms. The second-order valence-electron chi connectivity index (χ2n) is 8.90. The SMILES string of the molecule is CCl.C[SiH](C)[Zr]([c]1cccc2c1Cc1ccccc1-2)[c]1cccc2c1Cc1ccccc1-2. The van der Waals surface area contributed by atoms with Crippen LogP contribution in [0.4, 0.5) is 0 Å². The summed E-state index contributed by atoms with van der Waals surface area (Å²) in [5.41, 5.74) is 12.3. The van der Waals surface area contributed by atoms with E-state index in [1.54, 1.807) is 17.7 Å². The average Bonchev–Trinajstić information content (AvgIpc) is 3.40. The Hall–Kier alpha value is -1.73. The molecule has 3 heteroatoms. The fourth-order valence-corrected chi connectivity index (χ4v) is 24.0. The van der Waals surface area contributed by atoms with Crippen LogP contribution in [0.1, 0.15) is 22.3 Å². The van der Waals surface area contributed by atoms with Gasteiger partial charge in [-0.05, 0) is 0 Å². The summed E-state index contributed by atoms with van der Waals surface area (Å²) in [5, 5.41) is 0. The van der Waals surface area contributed by atoms with Gasteiger partial charge in [0, 0.05) is 6.38 Å². The molecule has 159 valence electrons. The second kappa shape index (κ2) is 9.26. The first-order valence-electron chi connectivity index (χ1n) is 11.4. The number of hydrogen-bond acceptors (Lipinski definition) is 0. The Morgan fingerprint density at radius 1 is 0.562 bits per heavy atom. The van der Waals surface area contributed by atoms with Crippen molar-refractivity contribution in [1.29, 1.82) is 0 Å². The van der Waals surface area contributed by atoms with Gasteiger partial charge in [-0.1, -0.05) is 0 Å². The number of benzene rings is 4. The predicted molar refractivity (Wildman–Crippen MR) is 139 cm³/mol. The molecule has 4 aromatic rings. The molecule has 32 heavy (non-hydrogen) atoms. The maximum absolute atomic E-state index is 4.64. The van der Waals surface area contributed by atoms with Crippen molar-refractivity contribution in [3.8, 4) is 22.3 Å². The van der Waals surface area contributed by atoms with Gasteiger partial charge in [0.25, 0.3) is 0 Å². The average molecular weight is 531 g/mol. The van der Waals surface area contributed by atoms with Gasteiger partial charge in [-0.15, -0.1) is 11.6 Å². The van der Waals surface area contributed by atoms with E-state index in [1.165, 1.54) is 39.8 Å². The van der Waals surface area contributed by atoms with Gasteiger partial charge < -0.3 is 0 Å². The first-order chi connectivity index (χ1) is 15.7. The summed E-state index contributed by atoms with van der Waals surface area (Å²) in [6.07, 6.45) is 3.73. The van der Waals surface area contributed by atoms with Crippen molar-refractivity contribution in [1.82, 2.24) is 0 Å². The van der Waals surface area contributed by atoms with Crippen molar-refractivity contribution in [2.24, 2.45) is 0 Å². The minimum absolute atomic E-state index is 0.806. The van der Waals surface area contributed by atoms with E-state index in [4.69, 9.17) is 0 Å². The molecule has 0 aliphatic heterocycles. The van der Waals surface area contributed by atoms with E-state index in [-0.39, 0.29) is 0 Å². The molecule has 0 saturated heterocycles. The summed E-state index contributed by atoms with van der Waals surface area (Å²) in [5.74, 6) is -0.806. The Balaban J connectivity index is 0.00000105. The van der Waals surface area contributed by atoms with Crippen LogP contribution < -0.4 is 6.54 Å². The molecule has 0 nitrogen and oxygen atoms in total. The molecule has 0 spiro atoms. The first kappa shape index (κ1) is 22.1. The molecule has 4 aromatic carbocycles. The van der Waals surface area contributed by atoms with Crippen LogP contribution >= 0.6 is 11.6 Å². The van der Waals surface area contributed by atoms with Gasteiger partial charge in [-0.3, -0.25) is 0 Å². The van der Waals surface area contributed by atoms with Crippen LogP contribution in [0, 0.1) is 0 Å². The zero-order valence-electron chi connectivity index (χ0n) is 19.0. The molecule has 0 radical (unpaired) electrons. The van der Waals surface area contributed by atoms with Crippen molar-refractivity contribution >= 4 is 24.1 Å². The summed E-state index contributed by atoms with van der Waals surface area (Å²) < 4.78 is 3.55. The Labute approximate surface area is 205 Å². The van der Waals surface area contributed by atoms with Crippen LogP contribution in [-0.4, -0.2) is 12.3 Å². The van der Waals surface area contributed by atoms with Crippen molar-refractivity contribution in [3.63, 3.8) is 0 Å². The minimum atomic E-state index is -1.98. The fraction of sp³-hybridized carbons (Fsp3) is 0.172. The first-order valence-corrected chi connectivity index (χ1v) is 21.7. The monoisotopic (exact) mass is 529 g/mol.